The zero-order chi connectivity index (χ0) is 10.7. The summed E-state index contributed by atoms with van der Waals surface area (Å²) in [6, 6.07) is 0.182. The summed E-state index contributed by atoms with van der Waals surface area (Å²) in [6.45, 7) is 2.07. The van der Waals surface area contributed by atoms with Crippen molar-refractivity contribution in [1.29, 1.82) is 0 Å². The lowest BCUT2D eigenvalue weighted by Crippen LogP contribution is -2.47. The van der Waals surface area contributed by atoms with Gasteiger partial charge in [-0.15, -0.1) is 0 Å². The molecule has 0 aromatic heterocycles. The van der Waals surface area contributed by atoms with Gasteiger partial charge >= 0.3 is 0 Å². The Morgan fingerprint density at radius 1 is 1.43 bits per heavy atom. The van der Waals surface area contributed by atoms with Gasteiger partial charge in [-0.2, -0.15) is 0 Å². The number of hydrogen-bond acceptors (Lipinski definition) is 3. The average molecular weight is 199 g/mol. The van der Waals surface area contributed by atoms with Crippen LogP contribution >= 0.6 is 0 Å². The third kappa shape index (κ3) is 2.69. The second-order valence-corrected chi connectivity index (χ2v) is 4.43. The van der Waals surface area contributed by atoms with Crippen molar-refractivity contribution in [3.63, 3.8) is 0 Å². The van der Waals surface area contributed by atoms with E-state index in [-0.39, 0.29) is 17.9 Å². The smallest absolute Gasteiger partial charge is 0.237 e. The lowest BCUT2D eigenvalue weighted by atomic mass is 9.77. The minimum atomic E-state index is 0.0844. The lowest BCUT2D eigenvalue weighted by molar-refractivity contribution is -0.131. The van der Waals surface area contributed by atoms with E-state index in [1.807, 2.05) is 14.1 Å². The predicted octanol–water partition coefficient (Wildman–Crippen LogP) is 0.343. The van der Waals surface area contributed by atoms with E-state index >= 15 is 0 Å². The monoisotopic (exact) mass is 199 g/mol. The Balaban J connectivity index is 2.53. The van der Waals surface area contributed by atoms with Gasteiger partial charge in [0, 0.05) is 26.1 Å². The van der Waals surface area contributed by atoms with Gasteiger partial charge in [-0.05, 0) is 18.8 Å². The summed E-state index contributed by atoms with van der Waals surface area (Å²) in [5.74, 6) is 0.488. The Morgan fingerprint density at radius 2 is 2.07 bits per heavy atom. The standard InChI is InChI=1S/C10H21N3O/c1-7-8(5-4-6-9(7)11)10(14)12-13(2)3/h7-9H,4-6,11H2,1-3H3,(H,12,14). The molecule has 0 heterocycles. The molecule has 1 saturated carbocycles. The van der Waals surface area contributed by atoms with Crippen molar-refractivity contribution in [3.05, 3.63) is 0 Å². The highest BCUT2D eigenvalue weighted by molar-refractivity contribution is 5.78. The van der Waals surface area contributed by atoms with E-state index in [2.05, 4.69) is 12.3 Å². The van der Waals surface area contributed by atoms with Crippen LogP contribution in [0.15, 0.2) is 0 Å². The van der Waals surface area contributed by atoms with Gasteiger partial charge in [0.1, 0.15) is 0 Å². The number of carbonyl (C=O) groups is 1. The largest absolute Gasteiger partial charge is 0.327 e. The SMILES string of the molecule is CC1C(N)CCCC1C(=O)NN(C)C. The Hall–Kier alpha value is -0.610. The van der Waals surface area contributed by atoms with Gasteiger partial charge in [0.2, 0.25) is 5.91 Å². The predicted molar refractivity (Wildman–Crippen MR) is 56.3 cm³/mol. The van der Waals surface area contributed by atoms with E-state index in [0.717, 1.165) is 19.3 Å². The summed E-state index contributed by atoms with van der Waals surface area (Å²) in [7, 11) is 3.65. The summed E-state index contributed by atoms with van der Waals surface area (Å²) in [4.78, 5) is 11.8. The molecule has 1 fully saturated rings. The van der Waals surface area contributed by atoms with Crippen LogP contribution in [-0.2, 0) is 4.79 Å². The molecule has 4 heteroatoms. The molecule has 0 radical (unpaired) electrons. The van der Waals surface area contributed by atoms with Crippen molar-refractivity contribution in [2.75, 3.05) is 14.1 Å². The fourth-order valence-electron chi connectivity index (χ4n) is 2.07. The molecule has 1 aliphatic carbocycles. The van der Waals surface area contributed by atoms with Crippen LogP contribution in [-0.4, -0.2) is 31.1 Å². The maximum Gasteiger partial charge on any atom is 0.237 e. The molecule has 0 bridgehead atoms. The van der Waals surface area contributed by atoms with Crippen LogP contribution in [0.1, 0.15) is 26.2 Å². The van der Waals surface area contributed by atoms with Gasteiger partial charge in [0.25, 0.3) is 0 Å². The molecule has 3 N–H and O–H groups in total. The van der Waals surface area contributed by atoms with Gasteiger partial charge in [0.15, 0.2) is 0 Å². The molecule has 0 aromatic carbocycles. The molecule has 0 spiro atoms. The Bertz CT molecular complexity index is 206. The zero-order valence-electron chi connectivity index (χ0n) is 9.29. The van der Waals surface area contributed by atoms with Gasteiger partial charge in [-0.1, -0.05) is 13.3 Å². The Morgan fingerprint density at radius 3 is 2.64 bits per heavy atom. The summed E-state index contributed by atoms with van der Waals surface area (Å²) < 4.78 is 0. The third-order valence-corrected chi connectivity index (χ3v) is 3.03. The van der Waals surface area contributed by atoms with Crippen LogP contribution in [0.5, 0.6) is 0 Å². The van der Waals surface area contributed by atoms with E-state index in [1.54, 1.807) is 5.01 Å². The van der Waals surface area contributed by atoms with E-state index < -0.39 is 0 Å². The zero-order valence-corrected chi connectivity index (χ0v) is 9.29. The normalized spacial score (nSPS) is 33.1. The van der Waals surface area contributed by atoms with E-state index in [4.69, 9.17) is 5.73 Å². The second-order valence-electron chi connectivity index (χ2n) is 4.43. The molecule has 0 saturated heterocycles. The maximum atomic E-state index is 11.8. The van der Waals surface area contributed by atoms with Crippen LogP contribution in [0.25, 0.3) is 0 Å². The molecule has 1 aliphatic rings. The highest BCUT2D eigenvalue weighted by Gasteiger charge is 2.32. The number of hydrazine groups is 1. The highest BCUT2D eigenvalue weighted by atomic mass is 16.2. The van der Waals surface area contributed by atoms with Crippen molar-refractivity contribution >= 4 is 5.91 Å². The molecule has 14 heavy (non-hydrogen) atoms. The number of nitrogens with one attached hydrogen (secondary N) is 1. The van der Waals surface area contributed by atoms with Gasteiger partial charge in [0.05, 0.1) is 0 Å². The molecule has 3 atom stereocenters. The minimum absolute atomic E-state index is 0.0844. The Kier molecular flexibility index (Phi) is 3.89. The van der Waals surface area contributed by atoms with Crippen LogP contribution in [0.3, 0.4) is 0 Å². The topological polar surface area (TPSA) is 58.4 Å². The van der Waals surface area contributed by atoms with Gasteiger partial charge in [-0.25, -0.2) is 5.01 Å². The van der Waals surface area contributed by atoms with Crippen molar-refractivity contribution in [2.24, 2.45) is 17.6 Å². The van der Waals surface area contributed by atoms with Crippen molar-refractivity contribution < 1.29 is 4.79 Å². The van der Waals surface area contributed by atoms with E-state index in [9.17, 15) is 4.79 Å². The summed E-state index contributed by atoms with van der Waals surface area (Å²) >= 11 is 0. The number of carbonyl (C=O) groups excluding carboxylic acids is 1. The number of rotatable bonds is 2. The average Bonchev–Trinajstić information content (AvgIpc) is 2.08. The number of hydrogen-bond donors (Lipinski definition) is 2. The molecule has 3 unspecified atom stereocenters. The molecule has 0 aromatic rings. The Labute approximate surface area is 85.8 Å². The number of nitrogens with zero attached hydrogens (tertiary/aromatic N) is 1. The van der Waals surface area contributed by atoms with Crippen molar-refractivity contribution in [1.82, 2.24) is 10.4 Å². The first-order valence-electron chi connectivity index (χ1n) is 5.25. The van der Waals surface area contributed by atoms with Crippen LogP contribution in [0.2, 0.25) is 0 Å². The van der Waals surface area contributed by atoms with E-state index in [0.29, 0.717) is 5.92 Å². The van der Waals surface area contributed by atoms with Gasteiger partial charge in [-0.3, -0.25) is 10.2 Å². The summed E-state index contributed by atoms with van der Waals surface area (Å²) in [5.41, 5.74) is 8.75. The first-order chi connectivity index (χ1) is 6.52. The molecule has 4 nitrogen and oxygen atoms in total. The fourth-order valence-corrected chi connectivity index (χ4v) is 2.07. The first-order valence-corrected chi connectivity index (χ1v) is 5.25. The molecule has 82 valence electrons. The van der Waals surface area contributed by atoms with Crippen LogP contribution < -0.4 is 11.2 Å². The molecule has 0 aliphatic heterocycles. The minimum Gasteiger partial charge on any atom is -0.327 e. The van der Waals surface area contributed by atoms with E-state index in [1.165, 1.54) is 0 Å². The number of nitrogens with two attached hydrogens (primary N) is 1. The second kappa shape index (κ2) is 4.75. The van der Waals surface area contributed by atoms with Gasteiger partial charge < -0.3 is 5.73 Å². The molecule has 1 rings (SSSR count). The maximum absolute atomic E-state index is 11.8. The van der Waals surface area contributed by atoms with Crippen molar-refractivity contribution in [3.8, 4) is 0 Å². The first kappa shape index (κ1) is 11.5. The third-order valence-electron chi connectivity index (χ3n) is 3.03. The summed E-state index contributed by atoms with van der Waals surface area (Å²) in [6.07, 6.45) is 3.08. The van der Waals surface area contributed by atoms with Crippen LogP contribution in [0.4, 0.5) is 0 Å². The molecule has 1 amide bonds. The van der Waals surface area contributed by atoms with Crippen molar-refractivity contribution in [2.45, 2.75) is 32.2 Å². The highest BCUT2D eigenvalue weighted by Crippen LogP contribution is 2.28. The fraction of sp³-hybridized carbons (Fsp3) is 0.900. The summed E-state index contributed by atoms with van der Waals surface area (Å²) in [5, 5.41) is 1.69. The number of amides is 1. The molecular weight excluding hydrogens is 178 g/mol. The van der Waals surface area contributed by atoms with Crippen LogP contribution in [0, 0.1) is 11.8 Å². The molecular formula is C10H21N3O. The quantitative estimate of drug-likeness (QED) is 0.631. The lowest BCUT2D eigenvalue weighted by Gasteiger charge is -2.33.